The lowest BCUT2D eigenvalue weighted by molar-refractivity contribution is -0.322. The van der Waals surface area contributed by atoms with Crippen LogP contribution in [0.5, 0.6) is 5.75 Å². The van der Waals surface area contributed by atoms with Gasteiger partial charge in [0.15, 0.2) is 5.60 Å². The first-order valence-electron chi connectivity index (χ1n) is 17.8. The van der Waals surface area contributed by atoms with Gasteiger partial charge in [0, 0.05) is 89.9 Å². The van der Waals surface area contributed by atoms with Gasteiger partial charge in [0.05, 0.1) is 31.5 Å². The van der Waals surface area contributed by atoms with Crippen LogP contribution in [0.1, 0.15) is 44.0 Å². The first-order valence-corrected chi connectivity index (χ1v) is 17.8. The first kappa shape index (κ1) is 36.5. The van der Waals surface area contributed by atoms with E-state index in [9.17, 15) is 24.6 Å². The van der Waals surface area contributed by atoms with E-state index in [1.165, 1.54) is 28.1 Å². The van der Waals surface area contributed by atoms with Gasteiger partial charge in [-0.1, -0.05) is 6.92 Å². The molecule has 14 nitrogen and oxygen atoms in total. The number of rotatable bonds is 11. The molecule has 282 valence electrons. The Labute approximate surface area is 297 Å². The molecule has 6 aliphatic rings. The summed E-state index contributed by atoms with van der Waals surface area (Å²) < 4.78 is 49.3. The molecule has 1 aromatic rings. The lowest BCUT2D eigenvalue weighted by Gasteiger charge is -2.70. The maximum absolute atomic E-state index is 14.0. The number of carbonyl (C=O) groups excluding carboxylic acids is 3. The van der Waals surface area contributed by atoms with Crippen molar-refractivity contribution in [3.05, 3.63) is 29.8 Å². The summed E-state index contributed by atoms with van der Waals surface area (Å²) in [6.07, 6.45) is -5.60. The van der Waals surface area contributed by atoms with E-state index in [1.807, 2.05) is 6.92 Å². The van der Waals surface area contributed by atoms with Crippen molar-refractivity contribution in [2.24, 2.45) is 34.5 Å². The fraction of sp³-hybridized carbons (Fsp3) is 0.757. The Bertz CT molecular complexity index is 1540. The van der Waals surface area contributed by atoms with E-state index in [4.69, 9.17) is 37.9 Å². The minimum Gasteiger partial charge on any atom is -0.497 e. The maximum Gasteiger partial charge on any atom is 0.338 e. The third-order valence-corrected chi connectivity index (χ3v) is 13.8. The average Bonchev–Trinajstić information content (AvgIpc) is 3.47. The molecular weight excluding hydrogens is 666 g/mol. The molecular formula is C37H51NO13. The van der Waals surface area contributed by atoms with Crippen LogP contribution in [0.25, 0.3) is 0 Å². The van der Waals surface area contributed by atoms with Gasteiger partial charge in [-0.05, 0) is 43.1 Å². The zero-order valence-electron chi connectivity index (χ0n) is 30.5. The molecule has 15 atom stereocenters. The molecule has 7 bridgehead atoms. The number of carbonyl (C=O) groups is 3. The van der Waals surface area contributed by atoms with Gasteiger partial charge in [0.25, 0.3) is 0 Å². The highest BCUT2D eigenvalue weighted by atomic mass is 16.6. The van der Waals surface area contributed by atoms with E-state index in [-0.39, 0.29) is 18.6 Å². The number of methoxy groups -OCH3 is 5. The van der Waals surface area contributed by atoms with Crippen molar-refractivity contribution in [2.75, 3.05) is 55.2 Å². The molecule has 51 heavy (non-hydrogen) atoms. The second-order valence-electron chi connectivity index (χ2n) is 15.4. The number of nitrogens with zero attached hydrogens (tertiary/aromatic N) is 1. The number of piperidine rings is 1. The van der Waals surface area contributed by atoms with Crippen molar-refractivity contribution in [2.45, 2.75) is 87.5 Å². The van der Waals surface area contributed by atoms with Gasteiger partial charge in [-0.15, -0.1) is 0 Å². The molecule has 7 rings (SSSR count). The number of benzene rings is 1. The van der Waals surface area contributed by atoms with E-state index in [0.29, 0.717) is 25.3 Å². The van der Waals surface area contributed by atoms with Crippen LogP contribution in [-0.4, -0.2) is 142 Å². The predicted molar refractivity (Wildman–Crippen MR) is 177 cm³/mol. The van der Waals surface area contributed by atoms with Crippen LogP contribution in [0.3, 0.4) is 0 Å². The van der Waals surface area contributed by atoms with Gasteiger partial charge < -0.3 is 48.1 Å². The SMILES string of the molecule is CCN1C[C@]2(COC)C(OC(C)=O)C[C@H](OC)[C@@]34[C@@H]5C[C@]6(O)[C@H](OC(=O)c7ccc(OC)cc7)[C@@H]5[C@@](OC(C)=O)([C@@H]([C@H](OC)[C@H]23)[C@@H]14)[C@@H](O)[C@@H]6OC. The van der Waals surface area contributed by atoms with Gasteiger partial charge in [0.2, 0.25) is 0 Å². The summed E-state index contributed by atoms with van der Waals surface area (Å²) >= 11 is 0. The summed E-state index contributed by atoms with van der Waals surface area (Å²) in [5.41, 5.74) is -5.07. The highest BCUT2D eigenvalue weighted by Gasteiger charge is 2.92. The quantitative estimate of drug-likeness (QED) is 0.248. The Balaban J connectivity index is 1.50. The molecule has 0 amide bonds. The second-order valence-corrected chi connectivity index (χ2v) is 15.4. The van der Waals surface area contributed by atoms with Gasteiger partial charge in [-0.3, -0.25) is 14.5 Å². The topological polar surface area (TPSA) is 169 Å². The number of hydrogen-bond acceptors (Lipinski definition) is 14. The zero-order valence-corrected chi connectivity index (χ0v) is 30.5. The lowest BCUT2D eigenvalue weighted by Crippen LogP contribution is -2.81. The predicted octanol–water partition coefficient (Wildman–Crippen LogP) is 1.23. The standard InChI is InChI=1S/C37H51NO13/c1-9-38-16-34(17-44-4)23(49-18(2)39)14-24(46-6)36-22-15-35(43)31(50-33(42)20-10-12-21(45-5)13-11-20)25(22)37(51-19(3)40,30(41)32(35)48-8)26(29(36)38)27(47-7)28(34)36/h10-13,22-32,41,43H,9,14-17H2,1-8H3/t22-,23?,24+,25-,26+,27+,28-,29-,30+,31-,32+,34+,35+,36+,37-/m1/s1. The Morgan fingerprint density at radius 2 is 1.61 bits per heavy atom. The largest absolute Gasteiger partial charge is 0.497 e. The van der Waals surface area contributed by atoms with E-state index < -0.39 is 106 Å². The smallest absolute Gasteiger partial charge is 0.338 e. The van der Waals surface area contributed by atoms with Crippen LogP contribution < -0.4 is 4.74 Å². The van der Waals surface area contributed by atoms with Gasteiger partial charge >= 0.3 is 17.9 Å². The van der Waals surface area contributed by atoms with E-state index in [0.717, 1.165) is 0 Å². The fourth-order valence-corrected chi connectivity index (χ4v) is 12.8. The number of likely N-dealkylation sites (tertiary alicyclic amines) is 1. The van der Waals surface area contributed by atoms with Crippen LogP contribution in [0.2, 0.25) is 0 Å². The Kier molecular flexibility index (Phi) is 9.04. The summed E-state index contributed by atoms with van der Waals surface area (Å²) in [5.74, 6) is -3.84. The average molecular weight is 718 g/mol. The summed E-state index contributed by atoms with van der Waals surface area (Å²) in [6, 6.07) is 6.03. The summed E-state index contributed by atoms with van der Waals surface area (Å²) in [6.45, 7) is 5.95. The molecule has 1 aliphatic heterocycles. The highest BCUT2D eigenvalue weighted by Crippen LogP contribution is 2.80. The number of aliphatic hydroxyl groups is 2. The molecule has 1 saturated heterocycles. The van der Waals surface area contributed by atoms with Crippen molar-refractivity contribution >= 4 is 17.9 Å². The van der Waals surface area contributed by atoms with Crippen molar-refractivity contribution in [1.29, 1.82) is 0 Å². The Morgan fingerprint density at radius 3 is 2.16 bits per heavy atom. The Morgan fingerprint density at radius 1 is 0.902 bits per heavy atom. The molecule has 1 unspecified atom stereocenters. The zero-order chi connectivity index (χ0) is 36.8. The lowest BCUT2D eigenvalue weighted by atomic mass is 9.42. The molecule has 5 aliphatic carbocycles. The van der Waals surface area contributed by atoms with Crippen LogP contribution in [0.15, 0.2) is 24.3 Å². The van der Waals surface area contributed by atoms with Crippen molar-refractivity contribution in [1.82, 2.24) is 4.90 Å². The molecule has 0 aromatic heterocycles. The minimum atomic E-state index is -1.89. The van der Waals surface area contributed by atoms with E-state index >= 15 is 0 Å². The van der Waals surface area contributed by atoms with Crippen LogP contribution in [-0.2, 0) is 42.7 Å². The molecule has 1 aromatic carbocycles. The molecule has 5 saturated carbocycles. The number of fused-ring (bicyclic) bond motifs is 2. The third-order valence-electron chi connectivity index (χ3n) is 13.8. The van der Waals surface area contributed by atoms with Crippen LogP contribution in [0.4, 0.5) is 0 Å². The fourth-order valence-electron chi connectivity index (χ4n) is 12.8. The molecule has 1 heterocycles. The molecule has 0 radical (unpaired) electrons. The van der Waals surface area contributed by atoms with Crippen molar-refractivity contribution in [3.63, 3.8) is 0 Å². The highest BCUT2D eigenvalue weighted by molar-refractivity contribution is 5.89. The van der Waals surface area contributed by atoms with E-state index in [2.05, 4.69) is 4.90 Å². The first-order chi connectivity index (χ1) is 24.3. The molecule has 2 N–H and O–H groups in total. The van der Waals surface area contributed by atoms with Gasteiger partial charge in [0.1, 0.15) is 35.8 Å². The maximum atomic E-state index is 14.0. The normalized spacial score (nSPS) is 46.0. The van der Waals surface area contributed by atoms with Crippen molar-refractivity contribution in [3.8, 4) is 5.75 Å². The number of aliphatic hydroxyl groups excluding tert-OH is 1. The summed E-state index contributed by atoms with van der Waals surface area (Å²) in [5, 5.41) is 25.6. The van der Waals surface area contributed by atoms with Crippen molar-refractivity contribution < 1.29 is 62.5 Å². The number of hydrogen-bond donors (Lipinski definition) is 2. The van der Waals surface area contributed by atoms with Gasteiger partial charge in [-0.2, -0.15) is 0 Å². The molecule has 14 heteroatoms. The second kappa shape index (κ2) is 12.6. The van der Waals surface area contributed by atoms with E-state index in [1.54, 1.807) is 45.6 Å². The van der Waals surface area contributed by atoms with Gasteiger partial charge in [-0.25, -0.2) is 4.79 Å². The van der Waals surface area contributed by atoms with Crippen LogP contribution >= 0.6 is 0 Å². The van der Waals surface area contributed by atoms with Crippen LogP contribution in [0, 0.1) is 34.5 Å². The summed E-state index contributed by atoms with van der Waals surface area (Å²) in [4.78, 5) is 42.4. The number of esters is 3. The molecule has 6 fully saturated rings. The summed E-state index contributed by atoms with van der Waals surface area (Å²) in [7, 11) is 7.75. The Hall–Kier alpha value is -2.85. The minimum absolute atomic E-state index is 0.0334. The molecule has 1 spiro atoms. The third kappa shape index (κ3) is 4.50. The monoisotopic (exact) mass is 717 g/mol. The number of ether oxygens (including phenoxy) is 8.